The molecule has 1 aromatic heterocycles. The van der Waals surface area contributed by atoms with Crippen molar-refractivity contribution >= 4 is 39.1 Å². The highest BCUT2D eigenvalue weighted by atomic mass is 35.5. The number of amides is 1. The van der Waals surface area contributed by atoms with Crippen molar-refractivity contribution in [3.05, 3.63) is 11.5 Å². The molecule has 0 aromatic carbocycles. The second-order valence-electron chi connectivity index (χ2n) is 5.30. The molecule has 6 nitrogen and oxygen atoms in total. The van der Waals surface area contributed by atoms with Crippen molar-refractivity contribution in [2.75, 3.05) is 0 Å². The Morgan fingerprint density at radius 3 is 2.40 bits per heavy atom. The number of alkyl halides is 2. The van der Waals surface area contributed by atoms with Crippen LogP contribution in [0.25, 0.3) is 0 Å². The van der Waals surface area contributed by atoms with Crippen molar-refractivity contribution in [1.29, 1.82) is 0 Å². The van der Waals surface area contributed by atoms with Crippen LogP contribution in [0.1, 0.15) is 31.2 Å². The highest BCUT2D eigenvalue weighted by molar-refractivity contribution is 7.90. The molecule has 1 fully saturated rings. The molecular formula is C11H14Cl2N2O4S. The smallest absolute Gasteiger partial charge is 0.269 e. The summed E-state index contributed by atoms with van der Waals surface area (Å²) in [6.45, 7) is 4.68. The zero-order valence-electron chi connectivity index (χ0n) is 11.2. The van der Waals surface area contributed by atoms with Gasteiger partial charge in [-0.2, -0.15) is 0 Å². The molecule has 9 heteroatoms. The lowest BCUT2D eigenvalue weighted by molar-refractivity contribution is -0.120. The van der Waals surface area contributed by atoms with Crippen LogP contribution in [0.5, 0.6) is 0 Å². The van der Waals surface area contributed by atoms with E-state index in [1.165, 1.54) is 13.8 Å². The summed E-state index contributed by atoms with van der Waals surface area (Å²) in [5, 5.41) is 3.55. The van der Waals surface area contributed by atoms with Crippen molar-refractivity contribution in [2.45, 2.75) is 42.8 Å². The Balaban J connectivity index is 2.12. The third kappa shape index (κ3) is 2.66. The van der Waals surface area contributed by atoms with E-state index >= 15 is 0 Å². The molecule has 0 bridgehead atoms. The molecule has 0 aliphatic heterocycles. The molecule has 1 aromatic rings. The van der Waals surface area contributed by atoms with E-state index in [4.69, 9.17) is 27.7 Å². The first kappa shape index (κ1) is 15.6. The van der Waals surface area contributed by atoms with Gasteiger partial charge in [-0.05, 0) is 20.3 Å². The van der Waals surface area contributed by atoms with Crippen molar-refractivity contribution in [1.82, 2.24) is 9.88 Å². The number of hydrogen-bond acceptors (Lipinski definition) is 5. The average molecular weight is 341 g/mol. The first-order chi connectivity index (χ1) is 8.98. The fourth-order valence-electron chi connectivity index (χ4n) is 2.09. The zero-order valence-corrected chi connectivity index (χ0v) is 13.5. The second kappa shape index (κ2) is 4.61. The lowest BCUT2D eigenvalue weighted by Gasteiger charge is -2.12. The molecule has 1 N–H and O–H groups in total. The minimum atomic E-state index is -4.00. The number of rotatable bonds is 4. The Morgan fingerprint density at radius 1 is 1.45 bits per heavy atom. The van der Waals surface area contributed by atoms with Crippen molar-refractivity contribution in [3.8, 4) is 0 Å². The molecule has 1 unspecified atom stereocenters. The summed E-state index contributed by atoms with van der Waals surface area (Å²) < 4.78 is 30.0. The van der Waals surface area contributed by atoms with Crippen LogP contribution in [-0.4, -0.2) is 23.8 Å². The Labute approximate surface area is 126 Å². The number of aromatic nitrogens is 1. The van der Waals surface area contributed by atoms with Crippen molar-refractivity contribution in [2.24, 2.45) is 5.41 Å². The van der Waals surface area contributed by atoms with Gasteiger partial charge in [0.05, 0.1) is 0 Å². The lowest BCUT2D eigenvalue weighted by atomic mass is 10.1. The van der Waals surface area contributed by atoms with Crippen molar-refractivity contribution in [3.63, 3.8) is 0 Å². The number of halogens is 2. The topological polar surface area (TPSA) is 89.3 Å². The summed E-state index contributed by atoms with van der Waals surface area (Å²) in [5.41, 5.74) is -0.404. The largest absolute Gasteiger partial charge is 0.360 e. The maximum absolute atomic E-state index is 12.1. The van der Waals surface area contributed by atoms with E-state index in [9.17, 15) is 13.2 Å². The highest BCUT2D eigenvalue weighted by Crippen LogP contribution is 2.65. The first-order valence-electron chi connectivity index (χ1n) is 5.85. The van der Waals surface area contributed by atoms with Crippen LogP contribution in [0.15, 0.2) is 9.42 Å². The number of aryl methyl sites for hydroxylation is 2. The molecule has 20 heavy (non-hydrogen) atoms. The van der Waals surface area contributed by atoms with Crippen LogP contribution in [0.4, 0.5) is 0 Å². The molecule has 2 rings (SSSR count). The van der Waals surface area contributed by atoms with E-state index in [0.717, 1.165) is 0 Å². The van der Waals surface area contributed by atoms with Gasteiger partial charge in [0, 0.05) is 11.8 Å². The minimum Gasteiger partial charge on any atom is -0.360 e. The highest BCUT2D eigenvalue weighted by Gasteiger charge is 2.63. The number of sulfonamides is 1. The summed E-state index contributed by atoms with van der Waals surface area (Å²) in [4.78, 5) is 11.7. The van der Waals surface area contributed by atoms with Gasteiger partial charge in [0.15, 0.2) is 10.7 Å². The van der Waals surface area contributed by atoms with Gasteiger partial charge in [-0.3, -0.25) is 4.79 Å². The molecule has 0 spiro atoms. The maximum Gasteiger partial charge on any atom is 0.269 e. The summed E-state index contributed by atoms with van der Waals surface area (Å²) in [7, 11) is -4.00. The third-order valence-corrected chi connectivity index (χ3v) is 6.20. The number of nitrogens with zero attached hydrogens (tertiary/aromatic N) is 1. The van der Waals surface area contributed by atoms with E-state index in [2.05, 4.69) is 5.16 Å². The summed E-state index contributed by atoms with van der Waals surface area (Å²) >= 11 is 11.8. The van der Waals surface area contributed by atoms with Crippen LogP contribution in [-0.2, 0) is 14.8 Å². The Bertz CT molecular complexity index is 648. The van der Waals surface area contributed by atoms with Crippen LogP contribution < -0.4 is 4.72 Å². The molecule has 112 valence electrons. The van der Waals surface area contributed by atoms with Crippen LogP contribution in [0, 0.1) is 19.3 Å². The van der Waals surface area contributed by atoms with Gasteiger partial charge < -0.3 is 4.52 Å². The Kier molecular flexibility index (Phi) is 3.59. The standard InChI is InChI=1S/C11H14Cl2N2O4S/c1-6-9(7(2)19-14-6)20(17,18)15-8(16)4-10(3)5-11(10,12)13/h4-5H2,1-3H3,(H,15,16). The molecule has 1 amide bonds. The third-order valence-electron chi connectivity index (χ3n) is 3.41. The van der Waals surface area contributed by atoms with E-state index in [0.29, 0.717) is 6.42 Å². The lowest BCUT2D eigenvalue weighted by Crippen LogP contribution is -2.33. The van der Waals surface area contributed by atoms with Gasteiger partial charge in [-0.25, -0.2) is 13.1 Å². The van der Waals surface area contributed by atoms with E-state index < -0.39 is 25.7 Å². The predicted octanol–water partition coefficient (Wildman–Crippen LogP) is 2.07. The molecule has 0 radical (unpaired) electrons. The van der Waals surface area contributed by atoms with E-state index in [1.54, 1.807) is 6.92 Å². The van der Waals surface area contributed by atoms with Crippen LogP contribution in [0.2, 0.25) is 0 Å². The quantitative estimate of drug-likeness (QED) is 0.847. The number of hydrogen-bond donors (Lipinski definition) is 1. The number of carbonyl (C=O) groups is 1. The monoisotopic (exact) mass is 340 g/mol. The van der Waals surface area contributed by atoms with Gasteiger partial charge in [-0.15, -0.1) is 23.2 Å². The SMILES string of the molecule is Cc1noc(C)c1S(=O)(=O)NC(=O)CC1(C)CC1(Cl)Cl. The van der Waals surface area contributed by atoms with Gasteiger partial charge in [0.25, 0.3) is 10.0 Å². The molecule has 1 aliphatic carbocycles. The first-order valence-corrected chi connectivity index (χ1v) is 8.09. The molecular weight excluding hydrogens is 327 g/mol. The maximum atomic E-state index is 12.1. The van der Waals surface area contributed by atoms with Gasteiger partial charge in [0.1, 0.15) is 10.0 Å². The minimum absolute atomic E-state index is 0.0669. The van der Waals surface area contributed by atoms with E-state index in [1.807, 2.05) is 4.72 Å². The Morgan fingerprint density at radius 2 is 2.00 bits per heavy atom. The summed E-state index contributed by atoms with van der Waals surface area (Å²) in [6, 6.07) is 0. The van der Waals surface area contributed by atoms with Crippen LogP contribution in [0.3, 0.4) is 0 Å². The second-order valence-corrected chi connectivity index (χ2v) is 8.40. The fraction of sp³-hybridized carbons (Fsp3) is 0.636. The summed E-state index contributed by atoms with van der Waals surface area (Å²) in [6.07, 6.45) is 0.379. The van der Waals surface area contributed by atoms with Gasteiger partial charge >= 0.3 is 0 Å². The molecule has 1 aliphatic rings. The number of nitrogens with one attached hydrogen (secondary N) is 1. The fourth-order valence-corrected chi connectivity index (χ4v) is 4.13. The number of carbonyl (C=O) groups excluding carboxylic acids is 1. The predicted molar refractivity (Wildman–Crippen MR) is 73.1 cm³/mol. The Hall–Kier alpha value is -0.790. The van der Waals surface area contributed by atoms with Crippen molar-refractivity contribution < 1.29 is 17.7 Å². The molecule has 1 saturated carbocycles. The molecule has 1 heterocycles. The molecule has 1 atom stereocenters. The molecule has 0 saturated heterocycles. The normalized spacial score (nSPS) is 24.4. The zero-order chi connectivity index (χ0) is 15.3. The van der Waals surface area contributed by atoms with Gasteiger partial charge in [0.2, 0.25) is 5.91 Å². The summed E-state index contributed by atoms with van der Waals surface area (Å²) in [5.74, 6) is -0.528. The van der Waals surface area contributed by atoms with Crippen LogP contribution >= 0.6 is 23.2 Å². The van der Waals surface area contributed by atoms with E-state index in [-0.39, 0.29) is 22.8 Å². The average Bonchev–Trinajstić information content (AvgIpc) is 2.57. The van der Waals surface area contributed by atoms with Gasteiger partial charge in [-0.1, -0.05) is 12.1 Å².